The number of fused-ring (bicyclic) bond motifs is 2. The van der Waals surface area contributed by atoms with Crippen LogP contribution in [0.2, 0.25) is 0 Å². The Kier molecular flexibility index (Phi) is 15.8. The summed E-state index contributed by atoms with van der Waals surface area (Å²) >= 11 is 0. The molecule has 9 nitrogen and oxygen atoms in total. The van der Waals surface area contributed by atoms with E-state index in [0.717, 1.165) is 47.4 Å². The number of carbonyl (C=O) groups excluding carboxylic acids is 3. The Labute approximate surface area is 269 Å². The Morgan fingerprint density at radius 3 is 2.43 bits per heavy atom. The van der Waals surface area contributed by atoms with E-state index in [0.29, 0.717) is 26.1 Å². The molecule has 44 heavy (non-hydrogen) atoms. The van der Waals surface area contributed by atoms with Crippen molar-refractivity contribution in [2.45, 2.75) is 64.2 Å². The molecule has 2 aromatic carbocycles. The van der Waals surface area contributed by atoms with Gasteiger partial charge in [0.2, 0.25) is 17.7 Å². The van der Waals surface area contributed by atoms with E-state index in [2.05, 4.69) is 29.4 Å². The number of anilines is 1. The maximum absolute atomic E-state index is 13.3. The van der Waals surface area contributed by atoms with Gasteiger partial charge in [-0.2, -0.15) is 0 Å². The van der Waals surface area contributed by atoms with Crippen molar-refractivity contribution in [3.63, 3.8) is 0 Å². The van der Waals surface area contributed by atoms with E-state index in [1.54, 1.807) is 26.5 Å². The number of nitrogens with zero attached hydrogens (tertiary/aromatic N) is 1. The second-order valence-electron chi connectivity index (χ2n) is 10.7. The predicted molar refractivity (Wildman–Crippen MR) is 178 cm³/mol. The molecule has 1 aliphatic heterocycles. The van der Waals surface area contributed by atoms with Crippen LogP contribution in [0.25, 0.3) is 0 Å². The Balaban J connectivity index is 1.28. The van der Waals surface area contributed by atoms with E-state index in [4.69, 9.17) is 9.42 Å². The van der Waals surface area contributed by atoms with Crippen LogP contribution in [-0.4, -0.2) is 53.3 Å². The zero-order valence-corrected chi connectivity index (χ0v) is 27.8. The molecule has 0 saturated heterocycles. The molecule has 3 N–H and O–H groups in total. The average molecular weight is 659 g/mol. The van der Waals surface area contributed by atoms with E-state index >= 15 is 0 Å². The third-order valence-corrected chi connectivity index (χ3v) is 10.3. The average Bonchev–Trinajstić information content (AvgIpc) is 3.00. The molecule has 1 aliphatic rings. The summed E-state index contributed by atoms with van der Waals surface area (Å²) in [4.78, 5) is 48.3. The molecule has 0 saturated carbocycles. The number of para-hydroxylation sites is 1. The molecule has 0 aromatic heterocycles. The highest BCUT2D eigenvalue weighted by atomic mass is 33.1. The quantitative estimate of drug-likeness (QED) is 0.0821. The zero-order chi connectivity index (χ0) is 31.7. The summed E-state index contributed by atoms with van der Waals surface area (Å²) < 4.78 is 15.3. The van der Waals surface area contributed by atoms with Crippen molar-refractivity contribution in [1.29, 1.82) is 0 Å². The highest BCUT2D eigenvalue weighted by Crippen LogP contribution is 2.29. The molecule has 12 heteroatoms. The third kappa shape index (κ3) is 13.0. The van der Waals surface area contributed by atoms with E-state index in [9.17, 15) is 18.9 Å². The van der Waals surface area contributed by atoms with Gasteiger partial charge in [0.15, 0.2) is 0 Å². The van der Waals surface area contributed by atoms with Crippen LogP contribution in [0.5, 0.6) is 0 Å². The summed E-state index contributed by atoms with van der Waals surface area (Å²) in [5.41, 5.74) is 3.43. The van der Waals surface area contributed by atoms with Crippen molar-refractivity contribution < 1.29 is 28.4 Å². The number of carbonyl (C=O) groups is 3. The fourth-order valence-electron chi connectivity index (χ4n) is 4.47. The van der Waals surface area contributed by atoms with Crippen LogP contribution in [0, 0.1) is 17.8 Å². The third-order valence-electron chi connectivity index (χ3n) is 6.92. The van der Waals surface area contributed by atoms with Crippen LogP contribution in [0.15, 0.2) is 48.5 Å². The number of benzene rings is 2. The standard InChI is InChI=1S/C32H40N3O6PS2/c1-24(23-41-42(39)40)8-7-19-33-30(36)16-13-25(2)44-43-21-20-34-31(37)17-18-32(38)35-22-28-11-4-3-9-26(28)14-15-27-10-5-6-12-29(27)35/h3-6,9-12,24-25H,7-8,13,16-23H2,1-2H3,(H2-,33,34,36,37,39,40)/p+1. The van der Waals surface area contributed by atoms with E-state index in [1.807, 2.05) is 55.5 Å². The van der Waals surface area contributed by atoms with Crippen LogP contribution >= 0.6 is 29.8 Å². The van der Waals surface area contributed by atoms with E-state index < -0.39 is 8.25 Å². The van der Waals surface area contributed by atoms with Crippen LogP contribution in [0.1, 0.15) is 69.1 Å². The molecule has 2 aromatic rings. The van der Waals surface area contributed by atoms with Crippen LogP contribution < -0.4 is 15.5 Å². The summed E-state index contributed by atoms with van der Waals surface area (Å²) in [5.74, 6) is 7.03. The molecule has 3 rings (SSSR count). The molecule has 0 bridgehead atoms. The van der Waals surface area contributed by atoms with Gasteiger partial charge >= 0.3 is 8.25 Å². The lowest BCUT2D eigenvalue weighted by Gasteiger charge is -2.26. The van der Waals surface area contributed by atoms with Gasteiger partial charge in [0.05, 0.1) is 12.2 Å². The molecule has 0 fully saturated rings. The first-order valence-electron chi connectivity index (χ1n) is 14.8. The van der Waals surface area contributed by atoms with Crippen molar-refractivity contribution in [3.8, 4) is 11.8 Å². The molecule has 3 atom stereocenters. The summed E-state index contributed by atoms with van der Waals surface area (Å²) in [7, 11) is 0.788. The Morgan fingerprint density at radius 1 is 0.955 bits per heavy atom. The van der Waals surface area contributed by atoms with Crippen LogP contribution in [0.3, 0.4) is 0 Å². The van der Waals surface area contributed by atoms with Crippen LogP contribution in [0.4, 0.5) is 5.69 Å². The predicted octanol–water partition coefficient (Wildman–Crippen LogP) is 5.58. The van der Waals surface area contributed by atoms with Gasteiger partial charge in [-0.05, 0) is 48.9 Å². The van der Waals surface area contributed by atoms with E-state index in [-0.39, 0.29) is 48.3 Å². The van der Waals surface area contributed by atoms with Crippen molar-refractivity contribution in [1.82, 2.24) is 10.6 Å². The number of hydrogen-bond donors (Lipinski definition) is 3. The van der Waals surface area contributed by atoms with E-state index in [1.165, 1.54) is 0 Å². The Hall–Kier alpha value is -2.87. The number of rotatable bonds is 18. The molecule has 0 spiro atoms. The second kappa shape index (κ2) is 19.5. The van der Waals surface area contributed by atoms with Crippen molar-refractivity contribution >= 4 is 53.3 Å². The monoisotopic (exact) mass is 658 g/mol. The lowest BCUT2D eigenvalue weighted by molar-refractivity contribution is -0.125. The number of nitrogens with one attached hydrogen (secondary N) is 2. The fourth-order valence-corrected chi connectivity index (χ4v) is 7.11. The largest absolute Gasteiger partial charge is 0.694 e. The minimum absolute atomic E-state index is 0.0166. The smallest absolute Gasteiger partial charge is 0.356 e. The first-order chi connectivity index (χ1) is 21.2. The summed E-state index contributed by atoms with van der Waals surface area (Å²) in [6.07, 6.45) is 3.01. The lowest BCUT2D eigenvalue weighted by atomic mass is 10.0. The van der Waals surface area contributed by atoms with Gasteiger partial charge in [-0.3, -0.25) is 14.4 Å². The Bertz CT molecular complexity index is 1350. The minimum Gasteiger partial charge on any atom is -0.356 e. The summed E-state index contributed by atoms with van der Waals surface area (Å²) in [6, 6.07) is 15.4. The van der Waals surface area contributed by atoms with Gasteiger partial charge in [0.1, 0.15) is 6.61 Å². The first-order valence-corrected chi connectivity index (χ1v) is 18.3. The van der Waals surface area contributed by atoms with Gasteiger partial charge in [-0.25, -0.2) is 0 Å². The normalized spacial score (nSPS) is 13.6. The van der Waals surface area contributed by atoms with Gasteiger partial charge in [-0.15, -0.1) is 9.42 Å². The molecule has 0 aliphatic carbocycles. The number of amides is 3. The van der Waals surface area contributed by atoms with Gasteiger partial charge in [-0.1, -0.05) is 77.6 Å². The van der Waals surface area contributed by atoms with Crippen molar-refractivity contribution in [2.75, 3.05) is 30.3 Å². The van der Waals surface area contributed by atoms with Gasteiger partial charge in [0.25, 0.3) is 0 Å². The highest BCUT2D eigenvalue weighted by Gasteiger charge is 2.22. The lowest BCUT2D eigenvalue weighted by Crippen LogP contribution is -2.33. The minimum atomic E-state index is -2.56. The second-order valence-corrected chi connectivity index (χ2v) is 14.3. The van der Waals surface area contributed by atoms with Crippen molar-refractivity contribution in [3.05, 3.63) is 65.2 Å². The molecular formula is C32H41N3O6PS2+. The van der Waals surface area contributed by atoms with Crippen molar-refractivity contribution in [2.24, 2.45) is 5.92 Å². The fraction of sp³-hybridized carbons (Fsp3) is 0.469. The number of hydrogen-bond acceptors (Lipinski definition) is 7. The highest BCUT2D eigenvalue weighted by molar-refractivity contribution is 8.76. The Morgan fingerprint density at radius 2 is 1.64 bits per heavy atom. The van der Waals surface area contributed by atoms with Gasteiger partial charge < -0.3 is 15.5 Å². The summed E-state index contributed by atoms with van der Waals surface area (Å²) in [6.45, 7) is 5.74. The van der Waals surface area contributed by atoms with Crippen LogP contribution in [-0.2, 0) is 30.0 Å². The molecule has 1 heterocycles. The molecular weight excluding hydrogens is 617 g/mol. The zero-order valence-electron chi connectivity index (χ0n) is 25.3. The van der Waals surface area contributed by atoms with Gasteiger partial charge in [0, 0.05) is 59.0 Å². The molecule has 3 amide bonds. The molecule has 0 radical (unpaired) electrons. The first kappa shape index (κ1) is 35.6. The summed E-state index contributed by atoms with van der Waals surface area (Å²) in [5, 5.41) is 6.11. The SMILES string of the molecule is CC(CCCNC(=O)CCC(C)SSCCNC(=O)CCC(=O)N1Cc2ccccc2C#Cc2ccccc21)CO[P+](=O)O. The topological polar surface area (TPSA) is 125 Å². The maximum atomic E-state index is 13.3. The maximum Gasteiger partial charge on any atom is 0.694 e. The molecule has 3 unspecified atom stereocenters. The molecule has 236 valence electrons.